The number of benzene rings is 1. The summed E-state index contributed by atoms with van der Waals surface area (Å²) in [4.78, 5) is 11.5. The second-order valence-corrected chi connectivity index (χ2v) is 4.71. The molecule has 4 heteroatoms. The molecule has 0 bridgehead atoms. The highest BCUT2D eigenvalue weighted by molar-refractivity contribution is 9.10. The number of methoxy groups -OCH3 is 1. The molecular formula is C12H14BrClO2. The largest absolute Gasteiger partial charge is 0.496 e. The smallest absolute Gasteiger partial charge is 0.137 e. The van der Waals surface area contributed by atoms with Gasteiger partial charge in [0, 0.05) is 18.7 Å². The average Bonchev–Trinajstić information content (AvgIpc) is 2.26. The molecule has 0 fully saturated rings. The molecule has 88 valence electrons. The Kier molecular flexibility index (Phi) is 5.85. The van der Waals surface area contributed by atoms with E-state index in [0.717, 1.165) is 22.2 Å². The Bertz CT molecular complexity index is 366. The Morgan fingerprint density at radius 1 is 1.50 bits per heavy atom. The van der Waals surface area contributed by atoms with E-state index in [1.165, 1.54) is 0 Å². The van der Waals surface area contributed by atoms with Crippen LogP contribution in [0.3, 0.4) is 0 Å². The van der Waals surface area contributed by atoms with Gasteiger partial charge < -0.3 is 4.74 Å². The van der Waals surface area contributed by atoms with Crippen LogP contribution >= 0.6 is 27.5 Å². The number of ketones is 1. The van der Waals surface area contributed by atoms with Gasteiger partial charge in [0.15, 0.2) is 0 Å². The van der Waals surface area contributed by atoms with Crippen LogP contribution in [0.5, 0.6) is 5.75 Å². The Morgan fingerprint density at radius 2 is 2.25 bits per heavy atom. The van der Waals surface area contributed by atoms with Crippen molar-refractivity contribution in [3.8, 4) is 5.75 Å². The average molecular weight is 306 g/mol. The van der Waals surface area contributed by atoms with E-state index in [1.807, 2.05) is 18.2 Å². The fourth-order valence-electron chi connectivity index (χ4n) is 1.40. The third-order valence-corrected chi connectivity index (χ3v) is 3.09. The first-order chi connectivity index (χ1) is 7.67. The molecule has 1 aromatic carbocycles. The van der Waals surface area contributed by atoms with E-state index in [4.69, 9.17) is 16.3 Å². The minimum Gasteiger partial charge on any atom is -0.496 e. The van der Waals surface area contributed by atoms with Crippen molar-refractivity contribution >= 4 is 33.3 Å². The van der Waals surface area contributed by atoms with Gasteiger partial charge in [0.1, 0.15) is 11.5 Å². The lowest BCUT2D eigenvalue weighted by Gasteiger charge is -2.05. The summed E-state index contributed by atoms with van der Waals surface area (Å²) in [6, 6.07) is 5.67. The topological polar surface area (TPSA) is 26.3 Å². The fraction of sp³-hybridized carbons (Fsp3) is 0.417. The number of ether oxygens (including phenoxy) is 1. The van der Waals surface area contributed by atoms with E-state index in [2.05, 4.69) is 15.9 Å². The van der Waals surface area contributed by atoms with Crippen molar-refractivity contribution in [1.29, 1.82) is 0 Å². The molecular weight excluding hydrogens is 291 g/mol. The summed E-state index contributed by atoms with van der Waals surface area (Å²) < 4.78 is 5.99. The standard InChI is InChI=1S/C12H14BrClO2/c1-16-12-5-4-9(8-11(12)13)7-10(15)3-2-6-14/h4-5,8H,2-3,6-7H2,1H3. The first-order valence-electron chi connectivity index (χ1n) is 5.07. The second kappa shape index (κ2) is 6.92. The van der Waals surface area contributed by atoms with E-state index >= 15 is 0 Å². The van der Waals surface area contributed by atoms with Crippen molar-refractivity contribution in [1.82, 2.24) is 0 Å². The number of carbonyl (C=O) groups excluding carboxylic acids is 1. The molecule has 0 aliphatic carbocycles. The number of alkyl halides is 1. The van der Waals surface area contributed by atoms with Crippen LogP contribution in [0.2, 0.25) is 0 Å². The lowest BCUT2D eigenvalue weighted by molar-refractivity contribution is -0.118. The molecule has 16 heavy (non-hydrogen) atoms. The maximum absolute atomic E-state index is 11.5. The Labute approximate surface area is 109 Å². The van der Waals surface area contributed by atoms with Crippen LogP contribution in [-0.4, -0.2) is 18.8 Å². The van der Waals surface area contributed by atoms with Gasteiger partial charge in [-0.3, -0.25) is 4.79 Å². The zero-order valence-electron chi connectivity index (χ0n) is 9.13. The molecule has 0 aliphatic heterocycles. The Balaban J connectivity index is 2.61. The predicted octanol–water partition coefficient (Wildman–Crippen LogP) is 3.59. The van der Waals surface area contributed by atoms with Crippen LogP contribution in [0.4, 0.5) is 0 Å². The van der Waals surface area contributed by atoms with Gasteiger partial charge in [0.25, 0.3) is 0 Å². The van der Waals surface area contributed by atoms with Gasteiger partial charge in [-0.15, -0.1) is 11.6 Å². The number of Topliss-reactive ketones (excluding diaryl/α,β-unsaturated/α-hetero) is 1. The summed E-state index contributed by atoms with van der Waals surface area (Å²) in [5.74, 6) is 1.53. The van der Waals surface area contributed by atoms with Crippen LogP contribution in [0.25, 0.3) is 0 Å². The molecule has 0 amide bonds. The van der Waals surface area contributed by atoms with Gasteiger partial charge in [-0.1, -0.05) is 6.07 Å². The van der Waals surface area contributed by atoms with Crippen LogP contribution in [0, 0.1) is 0 Å². The van der Waals surface area contributed by atoms with Gasteiger partial charge in [-0.25, -0.2) is 0 Å². The van der Waals surface area contributed by atoms with Crippen LogP contribution in [-0.2, 0) is 11.2 Å². The first-order valence-corrected chi connectivity index (χ1v) is 6.40. The molecule has 0 spiro atoms. The zero-order valence-corrected chi connectivity index (χ0v) is 11.5. The highest BCUT2D eigenvalue weighted by atomic mass is 79.9. The fourth-order valence-corrected chi connectivity index (χ4v) is 2.12. The third kappa shape index (κ3) is 4.14. The van der Waals surface area contributed by atoms with Crippen molar-refractivity contribution < 1.29 is 9.53 Å². The normalized spacial score (nSPS) is 10.2. The van der Waals surface area contributed by atoms with E-state index < -0.39 is 0 Å². The minimum absolute atomic E-state index is 0.220. The molecule has 2 nitrogen and oxygen atoms in total. The van der Waals surface area contributed by atoms with E-state index in [-0.39, 0.29) is 5.78 Å². The molecule has 0 saturated heterocycles. The van der Waals surface area contributed by atoms with Crippen LogP contribution in [0.1, 0.15) is 18.4 Å². The molecule has 0 radical (unpaired) electrons. The highest BCUT2D eigenvalue weighted by Crippen LogP contribution is 2.25. The maximum Gasteiger partial charge on any atom is 0.137 e. The van der Waals surface area contributed by atoms with Crippen LogP contribution < -0.4 is 4.74 Å². The lowest BCUT2D eigenvalue weighted by Crippen LogP contribution is -2.03. The molecule has 0 heterocycles. The summed E-state index contributed by atoms with van der Waals surface area (Å²) in [5.41, 5.74) is 0.993. The van der Waals surface area contributed by atoms with Crippen molar-refractivity contribution in [2.45, 2.75) is 19.3 Å². The summed E-state index contributed by atoms with van der Waals surface area (Å²) in [5, 5.41) is 0. The Morgan fingerprint density at radius 3 is 2.81 bits per heavy atom. The number of rotatable bonds is 6. The van der Waals surface area contributed by atoms with Crippen molar-refractivity contribution in [2.75, 3.05) is 13.0 Å². The molecule has 0 N–H and O–H groups in total. The molecule has 1 aromatic rings. The quantitative estimate of drug-likeness (QED) is 0.751. The van der Waals surface area contributed by atoms with E-state index in [9.17, 15) is 4.79 Å². The second-order valence-electron chi connectivity index (χ2n) is 3.48. The molecule has 0 aromatic heterocycles. The summed E-state index contributed by atoms with van der Waals surface area (Å²) in [7, 11) is 1.62. The summed E-state index contributed by atoms with van der Waals surface area (Å²) in [6.07, 6.45) is 1.75. The molecule has 0 atom stereocenters. The van der Waals surface area contributed by atoms with Gasteiger partial charge in [-0.05, 0) is 40.0 Å². The SMILES string of the molecule is COc1ccc(CC(=O)CCCCl)cc1Br. The summed E-state index contributed by atoms with van der Waals surface area (Å²) in [6.45, 7) is 0. The van der Waals surface area contributed by atoms with Crippen molar-refractivity contribution in [3.63, 3.8) is 0 Å². The molecule has 0 saturated carbocycles. The van der Waals surface area contributed by atoms with E-state index in [0.29, 0.717) is 18.7 Å². The molecule has 1 rings (SSSR count). The zero-order chi connectivity index (χ0) is 12.0. The number of hydrogen-bond donors (Lipinski definition) is 0. The van der Waals surface area contributed by atoms with Gasteiger partial charge in [0.2, 0.25) is 0 Å². The highest BCUT2D eigenvalue weighted by Gasteiger charge is 2.06. The Hall–Kier alpha value is -0.540. The molecule has 0 aliphatic rings. The summed E-state index contributed by atoms with van der Waals surface area (Å²) >= 11 is 8.93. The monoisotopic (exact) mass is 304 g/mol. The van der Waals surface area contributed by atoms with Crippen LogP contribution in [0.15, 0.2) is 22.7 Å². The van der Waals surface area contributed by atoms with Gasteiger partial charge in [0.05, 0.1) is 11.6 Å². The number of hydrogen-bond acceptors (Lipinski definition) is 2. The lowest BCUT2D eigenvalue weighted by atomic mass is 10.1. The van der Waals surface area contributed by atoms with E-state index in [1.54, 1.807) is 7.11 Å². The predicted molar refractivity (Wildman–Crippen MR) is 69.4 cm³/mol. The molecule has 0 unspecified atom stereocenters. The number of carbonyl (C=O) groups is 1. The van der Waals surface area contributed by atoms with Crippen molar-refractivity contribution in [3.05, 3.63) is 28.2 Å². The van der Waals surface area contributed by atoms with Gasteiger partial charge >= 0.3 is 0 Å². The van der Waals surface area contributed by atoms with Gasteiger partial charge in [-0.2, -0.15) is 0 Å². The third-order valence-electron chi connectivity index (χ3n) is 2.21. The first kappa shape index (κ1) is 13.5. The number of halogens is 2. The maximum atomic E-state index is 11.5. The van der Waals surface area contributed by atoms with Crippen molar-refractivity contribution in [2.24, 2.45) is 0 Å². The minimum atomic E-state index is 0.220.